The Hall–Kier alpha value is -1.30. The lowest BCUT2D eigenvalue weighted by atomic mass is 10.1. The van der Waals surface area contributed by atoms with Crippen LogP contribution in [0.3, 0.4) is 0 Å². The summed E-state index contributed by atoms with van der Waals surface area (Å²) in [6.07, 6.45) is -0.789. The number of amides is 1. The second-order valence-corrected chi connectivity index (χ2v) is 5.93. The summed E-state index contributed by atoms with van der Waals surface area (Å²) in [4.78, 5) is 11.6. The summed E-state index contributed by atoms with van der Waals surface area (Å²) >= 11 is 6.10. The molecule has 20 heavy (non-hydrogen) atoms. The van der Waals surface area contributed by atoms with Crippen LogP contribution in [0.15, 0.2) is 18.2 Å². The van der Waals surface area contributed by atoms with Crippen LogP contribution >= 0.6 is 11.6 Å². The van der Waals surface area contributed by atoms with E-state index in [0.717, 1.165) is 5.56 Å². The molecule has 0 aliphatic carbocycles. The minimum absolute atomic E-state index is 0.175. The fraction of sp³-hybridized carbons (Fsp3) is 0.500. The Morgan fingerprint density at radius 2 is 2.15 bits per heavy atom. The number of carbonyl (C=O) groups is 1. The third-order valence-corrected chi connectivity index (χ3v) is 2.78. The van der Waals surface area contributed by atoms with Crippen molar-refractivity contribution in [1.82, 2.24) is 0 Å². The number of nitrogens with one attached hydrogen (secondary N) is 1. The van der Waals surface area contributed by atoms with E-state index in [2.05, 4.69) is 5.32 Å². The SMILES string of the molecule is CC(C)(C)OC(=O)Nc1ccc(CC(O)CN)c(Cl)c1. The number of nitrogens with two attached hydrogens (primary N) is 1. The number of halogens is 1. The van der Waals surface area contributed by atoms with Crippen LogP contribution in [0.4, 0.5) is 10.5 Å². The van der Waals surface area contributed by atoms with Gasteiger partial charge in [-0.15, -0.1) is 0 Å². The Bertz CT molecular complexity index is 472. The van der Waals surface area contributed by atoms with Crippen LogP contribution in [0.5, 0.6) is 0 Å². The molecule has 0 aliphatic heterocycles. The van der Waals surface area contributed by atoms with Gasteiger partial charge in [0.1, 0.15) is 5.60 Å². The van der Waals surface area contributed by atoms with Crippen molar-refractivity contribution in [1.29, 1.82) is 0 Å². The van der Waals surface area contributed by atoms with Crippen LogP contribution in [-0.2, 0) is 11.2 Å². The van der Waals surface area contributed by atoms with Gasteiger partial charge in [-0.25, -0.2) is 4.79 Å². The lowest BCUT2D eigenvalue weighted by molar-refractivity contribution is 0.0636. The number of ether oxygens (including phenoxy) is 1. The van der Waals surface area contributed by atoms with Crippen molar-refractivity contribution < 1.29 is 14.6 Å². The smallest absolute Gasteiger partial charge is 0.412 e. The molecular weight excluding hydrogens is 280 g/mol. The molecule has 1 atom stereocenters. The highest BCUT2D eigenvalue weighted by atomic mass is 35.5. The van der Waals surface area contributed by atoms with Crippen molar-refractivity contribution in [2.45, 2.75) is 38.9 Å². The Labute approximate surface area is 124 Å². The number of rotatable bonds is 4. The molecule has 0 aliphatic rings. The van der Waals surface area contributed by atoms with Crippen LogP contribution in [0.25, 0.3) is 0 Å². The predicted octanol–water partition coefficient (Wildman–Crippen LogP) is 2.55. The second kappa shape index (κ2) is 6.92. The van der Waals surface area contributed by atoms with Crippen LogP contribution in [0.2, 0.25) is 5.02 Å². The number of aliphatic hydroxyl groups excluding tert-OH is 1. The first-order chi connectivity index (χ1) is 9.21. The highest BCUT2D eigenvalue weighted by Gasteiger charge is 2.16. The van der Waals surface area contributed by atoms with Gasteiger partial charge in [-0.1, -0.05) is 17.7 Å². The normalized spacial score (nSPS) is 12.9. The van der Waals surface area contributed by atoms with Gasteiger partial charge in [0.05, 0.1) is 6.10 Å². The third kappa shape index (κ3) is 5.77. The van der Waals surface area contributed by atoms with Crippen LogP contribution in [0, 0.1) is 0 Å². The molecule has 4 N–H and O–H groups in total. The molecule has 0 fully saturated rings. The van der Waals surface area contributed by atoms with Gasteiger partial charge in [0, 0.05) is 23.7 Å². The van der Waals surface area contributed by atoms with E-state index in [1.54, 1.807) is 39.0 Å². The number of benzene rings is 1. The summed E-state index contributed by atoms with van der Waals surface area (Å²) in [7, 11) is 0. The summed E-state index contributed by atoms with van der Waals surface area (Å²) in [6.45, 7) is 5.54. The lowest BCUT2D eigenvalue weighted by Gasteiger charge is -2.20. The monoisotopic (exact) mass is 300 g/mol. The average molecular weight is 301 g/mol. The van der Waals surface area contributed by atoms with E-state index in [0.29, 0.717) is 17.1 Å². The molecule has 0 spiro atoms. The van der Waals surface area contributed by atoms with Crippen molar-refractivity contribution >= 4 is 23.4 Å². The highest BCUT2D eigenvalue weighted by Crippen LogP contribution is 2.22. The first-order valence-corrected chi connectivity index (χ1v) is 6.75. The number of hydrogen-bond donors (Lipinski definition) is 3. The van der Waals surface area contributed by atoms with Gasteiger partial charge in [-0.2, -0.15) is 0 Å². The van der Waals surface area contributed by atoms with E-state index in [-0.39, 0.29) is 6.54 Å². The zero-order valence-electron chi connectivity index (χ0n) is 11.9. The van der Waals surface area contributed by atoms with Gasteiger partial charge >= 0.3 is 6.09 Å². The number of anilines is 1. The molecule has 112 valence electrons. The van der Waals surface area contributed by atoms with Gasteiger partial charge in [0.2, 0.25) is 0 Å². The van der Waals surface area contributed by atoms with Crippen molar-refractivity contribution in [3.8, 4) is 0 Å². The summed E-state index contributed by atoms with van der Waals surface area (Å²) in [6, 6.07) is 5.06. The minimum Gasteiger partial charge on any atom is -0.444 e. The Balaban J connectivity index is 2.70. The Morgan fingerprint density at radius 3 is 2.65 bits per heavy atom. The zero-order chi connectivity index (χ0) is 15.3. The molecular formula is C14H21ClN2O3. The minimum atomic E-state index is -0.628. The van der Waals surface area contributed by atoms with Gasteiger partial charge in [0.25, 0.3) is 0 Å². The molecule has 6 heteroatoms. The molecule has 0 saturated heterocycles. The summed E-state index contributed by atoms with van der Waals surface area (Å²) in [5, 5.41) is 12.6. The number of aliphatic hydroxyl groups is 1. The van der Waals surface area contributed by atoms with Crippen molar-refractivity contribution in [3.63, 3.8) is 0 Å². The fourth-order valence-corrected chi connectivity index (χ4v) is 1.81. The van der Waals surface area contributed by atoms with E-state index < -0.39 is 17.8 Å². The van der Waals surface area contributed by atoms with Crippen LogP contribution in [0.1, 0.15) is 26.3 Å². The highest BCUT2D eigenvalue weighted by molar-refractivity contribution is 6.31. The molecule has 1 aromatic carbocycles. The van der Waals surface area contributed by atoms with E-state index in [1.165, 1.54) is 0 Å². The van der Waals surface area contributed by atoms with Gasteiger partial charge in [-0.3, -0.25) is 5.32 Å². The molecule has 1 amide bonds. The summed E-state index contributed by atoms with van der Waals surface area (Å²) in [5.74, 6) is 0. The first kappa shape index (κ1) is 16.8. The van der Waals surface area contributed by atoms with Crippen molar-refractivity contribution in [3.05, 3.63) is 28.8 Å². The molecule has 0 aromatic heterocycles. The van der Waals surface area contributed by atoms with Crippen molar-refractivity contribution in [2.75, 3.05) is 11.9 Å². The molecule has 1 unspecified atom stereocenters. The maximum atomic E-state index is 11.6. The zero-order valence-corrected chi connectivity index (χ0v) is 12.7. The molecule has 0 saturated carbocycles. The Kier molecular flexibility index (Phi) is 5.80. The molecule has 1 rings (SSSR count). The topological polar surface area (TPSA) is 84.6 Å². The predicted molar refractivity (Wildman–Crippen MR) is 80.1 cm³/mol. The lowest BCUT2D eigenvalue weighted by Crippen LogP contribution is -2.27. The van der Waals surface area contributed by atoms with E-state index >= 15 is 0 Å². The molecule has 0 heterocycles. The maximum Gasteiger partial charge on any atom is 0.412 e. The second-order valence-electron chi connectivity index (χ2n) is 5.53. The maximum absolute atomic E-state index is 11.6. The first-order valence-electron chi connectivity index (χ1n) is 6.38. The van der Waals surface area contributed by atoms with E-state index in [1.807, 2.05) is 0 Å². The summed E-state index contributed by atoms with van der Waals surface area (Å²) in [5.41, 5.74) is 6.12. The van der Waals surface area contributed by atoms with Crippen LogP contribution in [-0.4, -0.2) is 29.4 Å². The van der Waals surface area contributed by atoms with Crippen molar-refractivity contribution in [2.24, 2.45) is 5.73 Å². The van der Waals surface area contributed by atoms with E-state index in [9.17, 15) is 9.90 Å². The Morgan fingerprint density at radius 1 is 1.50 bits per heavy atom. The number of carbonyl (C=O) groups excluding carboxylic acids is 1. The summed E-state index contributed by atoms with van der Waals surface area (Å²) < 4.78 is 5.14. The van der Waals surface area contributed by atoms with Crippen LogP contribution < -0.4 is 11.1 Å². The fourth-order valence-electron chi connectivity index (χ4n) is 1.55. The molecule has 0 bridgehead atoms. The molecule has 0 radical (unpaired) electrons. The largest absolute Gasteiger partial charge is 0.444 e. The van der Waals surface area contributed by atoms with Gasteiger partial charge in [0.15, 0.2) is 0 Å². The standard InChI is InChI=1S/C14H21ClN2O3/c1-14(2,3)20-13(19)17-10-5-4-9(12(15)7-10)6-11(18)8-16/h4-5,7,11,18H,6,8,16H2,1-3H3,(H,17,19). The average Bonchev–Trinajstić information content (AvgIpc) is 2.29. The molecule has 1 aromatic rings. The van der Waals surface area contributed by atoms with Gasteiger partial charge < -0.3 is 15.6 Å². The molecule has 5 nitrogen and oxygen atoms in total. The quantitative estimate of drug-likeness (QED) is 0.798. The number of hydrogen-bond acceptors (Lipinski definition) is 4. The van der Waals surface area contributed by atoms with E-state index in [4.69, 9.17) is 22.1 Å². The third-order valence-electron chi connectivity index (χ3n) is 2.43. The van der Waals surface area contributed by atoms with Gasteiger partial charge in [-0.05, 0) is 38.5 Å².